The predicted molar refractivity (Wildman–Crippen MR) is 46.8 cm³/mol. The van der Waals surface area contributed by atoms with E-state index in [1.54, 1.807) is 0 Å². The van der Waals surface area contributed by atoms with Crippen LogP contribution in [0.1, 0.15) is 2.85 Å². The van der Waals surface area contributed by atoms with Gasteiger partial charge in [0.15, 0.2) is 17.4 Å². The Kier molecular flexibility index (Phi) is 7800. The largest absolute Gasteiger partial charge is 2.00 e. The van der Waals surface area contributed by atoms with Crippen molar-refractivity contribution in [2.24, 2.45) is 0 Å². The molecule has 0 saturated heterocycles. The predicted octanol–water partition coefficient (Wildman–Crippen LogP) is -5.87. The van der Waals surface area contributed by atoms with Gasteiger partial charge < -0.3 is 35.7 Å². The van der Waals surface area contributed by atoms with Gasteiger partial charge in [0.05, 0.1) is 0 Å². The molecule has 0 radical (unpaired) electrons. The van der Waals surface area contributed by atoms with Gasteiger partial charge >= 0.3 is 37.7 Å². The van der Waals surface area contributed by atoms with Crippen molar-refractivity contribution in [3.05, 3.63) is 0 Å². The minimum Gasteiger partial charge on any atom is -1.00 e. The Morgan fingerprint density at radius 2 is 0.556 bits per heavy atom. The maximum absolute atomic E-state index is 0. The second-order valence-corrected chi connectivity index (χ2v) is 0. The van der Waals surface area contributed by atoms with E-state index in [9.17, 15) is 0 Å². The Bertz CT molecular complexity index is 20.5. The van der Waals surface area contributed by atoms with Gasteiger partial charge in [-0.3, -0.25) is 0 Å². The summed E-state index contributed by atoms with van der Waals surface area (Å²) in [5, 5.41) is 0. The van der Waals surface area contributed by atoms with Crippen molar-refractivity contribution in [1.82, 2.24) is 0 Å². The average molecular weight is 217 g/mol. The fraction of sp³-hybridized carbons (Fsp3) is 0. The van der Waals surface area contributed by atoms with Gasteiger partial charge in [-0.2, -0.15) is 0 Å². The summed E-state index contributed by atoms with van der Waals surface area (Å²) in [5.74, 6) is 0. The zero-order valence-electron chi connectivity index (χ0n) is 6.12. The number of rotatable bonds is 0. The Hall–Kier alpha value is 1.84. The van der Waals surface area contributed by atoms with Crippen LogP contribution in [-0.4, -0.2) is 88.0 Å². The van der Waals surface area contributed by atoms with E-state index in [2.05, 4.69) is 0 Å². The van der Waals surface area contributed by atoms with Gasteiger partial charge in [0.25, 0.3) is 0 Å². The molecule has 0 spiro atoms. The Morgan fingerprint density at radius 1 is 0.556 bits per heavy atom. The fourth-order valence-corrected chi connectivity index (χ4v) is 0. The van der Waals surface area contributed by atoms with Crippen LogP contribution in [0, 0.1) is 0 Å². The van der Waals surface area contributed by atoms with Gasteiger partial charge in [-0.05, 0) is 0 Å². The maximum Gasteiger partial charge on any atom is 2.00 e. The third-order valence-electron chi connectivity index (χ3n) is 0. The van der Waals surface area contributed by atoms with Gasteiger partial charge in [0, 0.05) is 0 Å². The summed E-state index contributed by atoms with van der Waals surface area (Å²) < 4.78 is 0. The van der Waals surface area contributed by atoms with Crippen molar-refractivity contribution in [2.45, 2.75) is 0 Å². The summed E-state index contributed by atoms with van der Waals surface area (Å²) >= 11 is 0. The third kappa shape index (κ3) is 178. The van der Waals surface area contributed by atoms with E-state index in [1.165, 1.54) is 0 Å². The Morgan fingerprint density at radius 3 is 0.556 bits per heavy atom. The molecule has 12 N–H and O–H groups in total. The van der Waals surface area contributed by atoms with Crippen molar-refractivity contribution < 1.29 is 35.7 Å². The van der Waals surface area contributed by atoms with E-state index < -0.39 is 0 Å². The molecule has 0 aromatic heterocycles. The van der Waals surface area contributed by atoms with Crippen molar-refractivity contribution in [2.75, 3.05) is 0 Å². The summed E-state index contributed by atoms with van der Waals surface area (Å²) in [6, 6.07) is 0. The molecule has 0 aliphatic heterocycles. The second-order valence-electron chi connectivity index (χ2n) is 0. The van der Waals surface area contributed by atoms with Crippen LogP contribution in [0.25, 0.3) is 0 Å². The maximum atomic E-state index is 0. The first-order chi connectivity index (χ1) is 0. The molecular weight excluding hydrogens is 199 g/mol. The van der Waals surface area contributed by atoms with Gasteiger partial charge in [-0.1, -0.05) is 0 Å². The van der Waals surface area contributed by atoms with Crippen LogP contribution in [0.2, 0.25) is 0 Å². The summed E-state index contributed by atoms with van der Waals surface area (Å²) in [4.78, 5) is 0. The number of hydrogen-bond donors (Lipinski definition) is 0. The van der Waals surface area contributed by atoms with Crippen LogP contribution >= 0.6 is 12.4 Å². The number of hydrogen-bond acceptors (Lipinski definition) is 0. The first-order valence-corrected chi connectivity index (χ1v) is 0. The summed E-state index contributed by atoms with van der Waals surface area (Å²) in [7, 11) is 0. The molecule has 0 bridgehead atoms. The van der Waals surface area contributed by atoms with Crippen LogP contribution < -0.4 is 0 Å². The van der Waals surface area contributed by atoms with E-state index in [-0.39, 0.29) is 103 Å². The zero-order valence-corrected chi connectivity index (χ0v) is 7.14. The summed E-state index contributed by atoms with van der Waals surface area (Å²) in [5.41, 5.74) is 0. The number of halogens is 1. The van der Waals surface area contributed by atoms with Crippen LogP contribution in [0.5, 0.6) is 0 Å². The van der Waals surface area contributed by atoms with Crippen LogP contribution in [0.3, 0.4) is 0 Å². The summed E-state index contributed by atoms with van der Waals surface area (Å²) in [6.07, 6.45) is 0. The summed E-state index contributed by atoms with van der Waals surface area (Å²) in [6.45, 7) is 0. The molecule has 0 unspecified atom stereocenters. The monoisotopic (exact) mass is 216 g/mol. The smallest absolute Gasteiger partial charge is 1.00 e. The van der Waals surface area contributed by atoms with Crippen LogP contribution in [-0.2, 0) is 0 Å². The minimum atomic E-state index is 0. The van der Waals surface area contributed by atoms with Crippen molar-refractivity contribution in [3.8, 4) is 0 Å². The Balaban J connectivity index is 0. The SMILES string of the molecule is Cl.O.O.O.O.O.O.[AlH3].[Ca+2].[H-].[H-]. The van der Waals surface area contributed by atoms with Gasteiger partial charge in [-0.15, -0.1) is 12.4 Å². The molecule has 66 valence electrons. The molecule has 0 rings (SSSR count). The van der Waals surface area contributed by atoms with Crippen molar-refractivity contribution in [1.29, 1.82) is 0 Å². The van der Waals surface area contributed by atoms with Crippen molar-refractivity contribution >= 4 is 67.5 Å². The molecule has 0 fully saturated rings. The van der Waals surface area contributed by atoms with Gasteiger partial charge in [0.2, 0.25) is 0 Å². The minimum absolute atomic E-state index is 0. The van der Waals surface area contributed by atoms with Gasteiger partial charge in [-0.25, -0.2) is 0 Å². The third-order valence-corrected chi connectivity index (χ3v) is 0. The fourth-order valence-electron chi connectivity index (χ4n) is 0. The molecule has 0 aliphatic carbocycles. The molecule has 6 nitrogen and oxygen atoms in total. The molecule has 0 heterocycles. The molecule has 0 saturated carbocycles. The molecule has 0 aromatic carbocycles. The molecule has 0 aliphatic rings. The molecule has 0 amide bonds. The zero-order chi connectivity index (χ0) is 0. The second kappa shape index (κ2) is 227. The average Bonchev–Trinajstić information content (AvgIpc) is 0. The van der Waals surface area contributed by atoms with E-state index in [4.69, 9.17) is 0 Å². The van der Waals surface area contributed by atoms with Crippen molar-refractivity contribution in [3.63, 3.8) is 0 Å². The van der Waals surface area contributed by atoms with E-state index in [0.717, 1.165) is 0 Å². The normalized spacial score (nSPS) is 0. The molecular formula is H18AlCaClO6. The van der Waals surface area contributed by atoms with E-state index >= 15 is 0 Å². The Labute approximate surface area is 102 Å². The van der Waals surface area contributed by atoms with E-state index in [1.807, 2.05) is 0 Å². The topological polar surface area (TPSA) is 189 Å². The van der Waals surface area contributed by atoms with Crippen LogP contribution in [0.4, 0.5) is 0 Å². The first kappa shape index (κ1) is 309. The molecule has 9 heavy (non-hydrogen) atoms. The van der Waals surface area contributed by atoms with Crippen LogP contribution in [0.15, 0.2) is 0 Å². The molecule has 0 atom stereocenters. The molecule has 0 aromatic rings. The first-order valence-electron chi connectivity index (χ1n) is 0. The standard InChI is InChI=1S/Al.Ca.ClH.6H2O.5H/h;;1H;6*1H2;;;;;/q;+2;;;;;;;;;;;2*-1. The van der Waals surface area contributed by atoms with Gasteiger partial charge in [0.1, 0.15) is 0 Å². The van der Waals surface area contributed by atoms with E-state index in [0.29, 0.717) is 0 Å². The molecule has 9 heteroatoms. The quantitative estimate of drug-likeness (QED) is 0.349.